The van der Waals surface area contributed by atoms with Gasteiger partial charge in [0.1, 0.15) is 6.04 Å². The molecule has 0 bridgehead atoms. The van der Waals surface area contributed by atoms with E-state index < -0.39 is 17.9 Å². The molecule has 5 nitrogen and oxygen atoms in total. The van der Waals surface area contributed by atoms with Crippen LogP contribution in [-0.4, -0.2) is 28.7 Å². The minimum absolute atomic E-state index is 0.0577. The topological polar surface area (TPSA) is 66.5 Å². The van der Waals surface area contributed by atoms with Crippen LogP contribution in [0.25, 0.3) is 0 Å². The van der Waals surface area contributed by atoms with Crippen molar-refractivity contribution in [3.05, 3.63) is 57.8 Å². The first kappa shape index (κ1) is 17.9. The number of imide groups is 1. The van der Waals surface area contributed by atoms with E-state index in [1.807, 2.05) is 17.5 Å². The highest BCUT2D eigenvalue weighted by Gasteiger charge is 2.41. The van der Waals surface area contributed by atoms with Crippen LogP contribution in [0.3, 0.4) is 0 Å². The number of hydrogen-bond donors (Lipinski definition) is 1. The van der Waals surface area contributed by atoms with Crippen LogP contribution >= 0.6 is 11.3 Å². The summed E-state index contributed by atoms with van der Waals surface area (Å²) in [5.41, 5.74) is 0.737. The zero-order valence-corrected chi connectivity index (χ0v) is 16.0. The molecule has 2 unspecified atom stereocenters. The summed E-state index contributed by atoms with van der Waals surface area (Å²) in [4.78, 5) is 40.5. The van der Waals surface area contributed by atoms with Gasteiger partial charge in [-0.25, -0.2) is 0 Å². The third-order valence-electron chi connectivity index (χ3n) is 5.61. The van der Waals surface area contributed by atoms with E-state index in [2.05, 4.69) is 5.32 Å². The van der Waals surface area contributed by atoms with E-state index in [1.54, 1.807) is 42.5 Å². The number of hydrogen-bond acceptors (Lipinski definition) is 4. The van der Waals surface area contributed by atoms with Gasteiger partial charge in [0.2, 0.25) is 5.91 Å². The van der Waals surface area contributed by atoms with Gasteiger partial charge in [0.25, 0.3) is 11.8 Å². The number of carbonyl (C=O) groups is 3. The molecular weight excluding hydrogens is 360 g/mol. The van der Waals surface area contributed by atoms with Gasteiger partial charge in [-0.05, 0) is 49.3 Å². The number of nitrogens with one attached hydrogen (secondary N) is 1. The molecule has 1 fully saturated rings. The number of amides is 3. The van der Waals surface area contributed by atoms with Crippen LogP contribution in [0, 0.1) is 5.92 Å². The summed E-state index contributed by atoms with van der Waals surface area (Å²) in [6.45, 7) is 1.62. The third-order valence-corrected chi connectivity index (χ3v) is 6.57. The number of rotatable bonds is 5. The van der Waals surface area contributed by atoms with Crippen LogP contribution in [-0.2, 0) is 4.79 Å². The van der Waals surface area contributed by atoms with Crippen molar-refractivity contribution in [2.75, 3.05) is 0 Å². The van der Waals surface area contributed by atoms with E-state index in [-0.39, 0.29) is 11.9 Å². The Balaban J connectivity index is 1.54. The number of carbonyl (C=O) groups excluding carboxylic acids is 3. The van der Waals surface area contributed by atoms with Gasteiger partial charge in [-0.1, -0.05) is 31.0 Å². The van der Waals surface area contributed by atoms with Crippen molar-refractivity contribution < 1.29 is 14.4 Å². The molecule has 1 N–H and O–H groups in total. The Morgan fingerprint density at radius 3 is 2.26 bits per heavy atom. The molecule has 140 valence electrons. The van der Waals surface area contributed by atoms with Crippen LogP contribution in [0.15, 0.2) is 41.8 Å². The fourth-order valence-corrected chi connectivity index (χ4v) is 5.00. The molecule has 0 spiro atoms. The molecule has 1 aliphatic heterocycles. The first-order valence-corrected chi connectivity index (χ1v) is 10.3. The first-order chi connectivity index (χ1) is 13.1. The number of nitrogens with zero attached hydrogens (tertiary/aromatic N) is 1. The van der Waals surface area contributed by atoms with E-state index in [0.717, 1.165) is 22.6 Å². The first-order valence-electron chi connectivity index (χ1n) is 9.38. The molecule has 1 saturated carbocycles. The zero-order valence-electron chi connectivity index (χ0n) is 15.2. The lowest BCUT2D eigenvalue weighted by Gasteiger charge is -2.28. The van der Waals surface area contributed by atoms with E-state index in [1.165, 1.54) is 12.8 Å². The molecule has 2 aliphatic rings. The van der Waals surface area contributed by atoms with Crippen molar-refractivity contribution in [2.24, 2.45) is 5.92 Å². The van der Waals surface area contributed by atoms with Crippen LogP contribution in [0.4, 0.5) is 0 Å². The molecule has 0 radical (unpaired) electrons. The Hall–Kier alpha value is -2.47. The summed E-state index contributed by atoms with van der Waals surface area (Å²) in [5, 5.41) is 5.14. The van der Waals surface area contributed by atoms with Gasteiger partial charge in [-0.15, -0.1) is 11.3 Å². The van der Waals surface area contributed by atoms with Crippen LogP contribution in [0.2, 0.25) is 0 Å². The largest absolute Gasteiger partial charge is 0.346 e. The van der Waals surface area contributed by atoms with Gasteiger partial charge >= 0.3 is 0 Å². The van der Waals surface area contributed by atoms with E-state index in [0.29, 0.717) is 17.0 Å². The molecule has 2 aromatic rings. The summed E-state index contributed by atoms with van der Waals surface area (Å²) >= 11 is 1.63. The Kier molecular flexibility index (Phi) is 4.83. The molecule has 2 heterocycles. The maximum Gasteiger partial charge on any atom is 0.262 e. The predicted octanol–water partition coefficient (Wildman–Crippen LogP) is 3.78. The van der Waals surface area contributed by atoms with Crippen LogP contribution in [0.5, 0.6) is 0 Å². The molecule has 27 heavy (non-hydrogen) atoms. The van der Waals surface area contributed by atoms with Crippen molar-refractivity contribution in [3.8, 4) is 0 Å². The van der Waals surface area contributed by atoms with Gasteiger partial charge in [0.05, 0.1) is 17.2 Å². The van der Waals surface area contributed by atoms with E-state index in [9.17, 15) is 14.4 Å². The fourth-order valence-electron chi connectivity index (χ4n) is 4.13. The summed E-state index contributed by atoms with van der Waals surface area (Å²) < 4.78 is 0. The highest BCUT2D eigenvalue weighted by Crippen LogP contribution is 2.37. The average molecular weight is 382 g/mol. The van der Waals surface area contributed by atoms with Crippen LogP contribution in [0.1, 0.15) is 64.2 Å². The van der Waals surface area contributed by atoms with Gasteiger partial charge in [0, 0.05) is 4.88 Å². The van der Waals surface area contributed by atoms with E-state index in [4.69, 9.17) is 0 Å². The maximum atomic E-state index is 13.0. The number of fused-ring (bicyclic) bond motifs is 1. The second kappa shape index (κ2) is 7.27. The highest BCUT2D eigenvalue weighted by molar-refractivity contribution is 7.10. The molecule has 2 atom stereocenters. The lowest BCUT2D eigenvalue weighted by atomic mass is 9.96. The molecule has 1 aromatic carbocycles. The van der Waals surface area contributed by atoms with Crippen molar-refractivity contribution in [2.45, 2.75) is 44.7 Å². The van der Waals surface area contributed by atoms with Gasteiger partial charge < -0.3 is 5.32 Å². The van der Waals surface area contributed by atoms with Crippen LogP contribution < -0.4 is 5.32 Å². The zero-order chi connectivity index (χ0) is 19.0. The van der Waals surface area contributed by atoms with Gasteiger partial charge in [0.15, 0.2) is 0 Å². The normalized spacial score (nSPS) is 19.2. The minimum atomic E-state index is -0.846. The summed E-state index contributed by atoms with van der Waals surface area (Å²) in [6.07, 6.45) is 4.53. The van der Waals surface area contributed by atoms with E-state index >= 15 is 0 Å². The lowest BCUT2D eigenvalue weighted by molar-refractivity contribution is -0.125. The molecule has 1 aliphatic carbocycles. The summed E-state index contributed by atoms with van der Waals surface area (Å²) in [6, 6.07) is 9.85. The average Bonchev–Trinajstić information content (AvgIpc) is 3.42. The standard InChI is InChI=1S/C21H22N2O3S/c1-13(23-20(25)15-9-4-5-10-16(15)21(23)26)19(24)22-18(14-7-2-3-8-14)17-11-6-12-27-17/h4-6,9-14,18H,2-3,7-8H2,1H3,(H,22,24). The molecule has 1 aromatic heterocycles. The Bertz CT molecular complexity index is 836. The Morgan fingerprint density at radius 2 is 1.70 bits per heavy atom. The molecular formula is C21H22N2O3S. The molecule has 0 saturated heterocycles. The highest BCUT2D eigenvalue weighted by atomic mass is 32.1. The smallest absolute Gasteiger partial charge is 0.262 e. The van der Waals surface area contributed by atoms with Crippen molar-refractivity contribution in [1.82, 2.24) is 10.2 Å². The quantitative estimate of drug-likeness (QED) is 0.801. The second-order valence-electron chi connectivity index (χ2n) is 7.25. The lowest BCUT2D eigenvalue weighted by Crippen LogP contribution is -2.49. The SMILES string of the molecule is CC(C(=O)NC(c1cccs1)C1CCCC1)N1C(=O)c2ccccc2C1=O. The summed E-state index contributed by atoms with van der Waals surface area (Å²) in [5.74, 6) is -0.671. The summed E-state index contributed by atoms with van der Waals surface area (Å²) in [7, 11) is 0. The number of thiophene rings is 1. The Labute approximate surface area is 162 Å². The third kappa shape index (κ3) is 3.18. The maximum absolute atomic E-state index is 13.0. The monoisotopic (exact) mass is 382 g/mol. The predicted molar refractivity (Wildman–Crippen MR) is 104 cm³/mol. The van der Waals surface area contributed by atoms with Gasteiger partial charge in [-0.3, -0.25) is 19.3 Å². The second-order valence-corrected chi connectivity index (χ2v) is 8.23. The van der Waals surface area contributed by atoms with Gasteiger partial charge in [-0.2, -0.15) is 0 Å². The van der Waals surface area contributed by atoms with Crippen molar-refractivity contribution in [1.29, 1.82) is 0 Å². The Morgan fingerprint density at radius 1 is 1.07 bits per heavy atom. The molecule has 4 rings (SSSR count). The molecule has 3 amide bonds. The van der Waals surface area contributed by atoms with Crippen molar-refractivity contribution in [3.63, 3.8) is 0 Å². The minimum Gasteiger partial charge on any atom is -0.346 e. The molecule has 6 heteroatoms. The fraction of sp³-hybridized carbons (Fsp3) is 0.381. The number of benzene rings is 1. The van der Waals surface area contributed by atoms with Crippen molar-refractivity contribution >= 4 is 29.1 Å².